The summed E-state index contributed by atoms with van der Waals surface area (Å²) in [7, 11) is 0. The van der Waals surface area contributed by atoms with E-state index in [1.54, 1.807) is 0 Å². The average molecular weight is 202 g/mol. The number of aliphatic carboxylic acids is 1. The molecule has 3 unspecified atom stereocenters. The molecule has 1 aliphatic rings. The predicted octanol–water partition coefficient (Wildman–Crippen LogP) is -0.899. The van der Waals surface area contributed by atoms with Crippen LogP contribution in [0.5, 0.6) is 0 Å². The van der Waals surface area contributed by atoms with Crippen LogP contribution in [0.2, 0.25) is 0 Å². The lowest BCUT2D eigenvalue weighted by Gasteiger charge is -2.34. The van der Waals surface area contributed by atoms with Crippen LogP contribution in [0.25, 0.3) is 0 Å². The van der Waals surface area contributed by atoms with Gasteiger partial charge in [-0.3, -0.25) is 9.69 Å². The molecular formula is C9H18N2O3. The first-order valence-electron chi connectivity index (χ1n) is 4.89. The molecule has 0 aromatic rings. The lowest BCUT2D eigenvalue weighted by atomic mass is 9.96. The zero-order valence-corrected chi connectivity index (χ0v) is 8.39. The number of nitrogens with zero attached hydrogens (tertiary/aromatic N) is 1. The third-order valence-corrected chi connectivity index (χ3v) is 2.77. The molecule has 5 heteroatoms. The third-order valence-electron chi connectivity index (χ3n) is 2.77. The number of carbonyl (C=O) groups is 1. The van der Waals surface area contributed by atoms with Crippen molar-refractivity contribution in [2.75, 3.05) is 19.6 Å². The van der Waals surface area contributed by atoms with E-state index in [0.717, 1.165) is 13.0 Å². The van der Waals surface area contributed by atoms with Gasteiger partial charge >= 0.3 is 5.97 Å². The highest BCUT2D eigenvalue weighted by atomic mass is 16.4. The highest BCUT2D eigenvalue weighted by Crippen LogP contribution is 2.16. The van der Waals surface area contributed by atoms with E-state index >= 15 is 0 Å². The number of carboxylic acids is 1. The summed E-state index contributed by atoms with van der Waals surface area (Å²) < 4.78 is 0. The minimum absolute atomic E-state index is 0.298. The van der Waals surface area contributed by atoms with Crippen molar-refractivity contribution in [2.45, 2.75) is 25.5 Å². The molecule has 1 rings (SSSR count). The Balaban J connectivity index is 2.36. The van der Waals surface area contributed by atoms with E-state index in [-0.39, 0.29) is 6.10 Å². The van der Waals surface area contributed by atoms with Gasteiger partial charge < -0.3 is 15.9 Å². The van der Waals surface area contributed by atoms with Crippen LogP contribution in [0.4, 0.5) is 0 Å². The molecule has 0 aliphatic carbocycles. The molecule has 0 amide bonds. The van der Waals surface area contributed by atoms with E-state index in [1.165, 1.54) is 0 Å². The minimum atomic E-state index is -0.988. The second-order valence-electron chi connectivity index (χ2n) is 4.04. The van der Waals surface area contributed by atoms with Crippen molar-refractivity contribution in [3.05, 3.63) is 0 Å². The Labute approximate surface area is 83.5 Å². The van der Waals surface area contributed by atoms with E-state index in [0.29, 0.717) is 19.0 Å². The predicted molar refractivity (Wildman–Crippen MR) is 51.8 cm³/mol. The summed E-state index contributed by atoms with van der Waals surface area (Å²) in [6.07, 6.45) is 0.540. The molecule has 0 spiro atoms. The number of rotatable bonds is 3. The zero-order chi connectivity index (χ0) is 10.7. The molecule has 82 valence electrons. The summed E-state index contributed by atoms with van der Waals surface area (Å²) in [5, 5.41) is 18.2. The van der Waals surface area contributed by atoms with Crippen molar-refractivity contribution in [2.24, 2.45) is 11.7 Å². The molecular weight excluding hydrogens is 184 g/mol. The van der Waals surface area contributed by atoms with Crippen molar-refractivity contribution < 1.29 is 15.0 Å². The van der Waals surface area contributed by atoms with E-state index in [1.807, 2.05) is 11.8 Å². The normalized spacial score (nSPS) is 31.4. The summed E-state index contributed by atoms with van der Waals surface area (Å²) in [6, 6.07) is -0.851. The summed E-state index contributed by atoms with van der Waals surface area (Å²) in [6.45, 7) is 3.67. The van der Waals surface area contributed by atoms with Gasteiger partial charge in [0.2, 0.25) is 0 Å². The van der Waals surface area contributed by atoms with Crippen LogP contribution >= 0.6 is 0 Å². The van der Waals surface area contributed by atoms with Gasteiger partial charge in [0.25, 0.3) is 0 Å². The molecule has 14 heavy (non-hydrogen) atoms. The molecule has 0 aromatic carbocycles. The molecule has 5 nitrogen and oxygen atoms in total. The number of likely N-dealkylation sites (tertiary alicyclic amines) is 1. The number of nitrogens with two attached hydrogens (primary N) is 1. The van der Waals surface area contributed by atoms with Crippen LogP contribution in [0.3, 0.4) is 0 Å². The minimum Gasteiger partial charge on any atom is -0.480 e. The maximum atomic E-state index is 10.5. The van der Waals surface area contributed by atoms with Crippen LogP contribution < -0.4 is 5.73 Å². The molecule has 0 bridgehead atoms. The SMILES string of the molecule is CC1CCN(CC(N)C(=O)O)CC1O. The highest BCUT2D eigenvalue weighted by Gasteiger charge is 2.26. The van der Waals surface area contributed by atoms with Gasteiger partial charge in [-0.25, -0.2) is 0 Å². The van der Waals surface area contributed by atoms with Crippen LogP contribution in [0.15, 0.2) is 0 Å². The molecule has 0 aromatic heterocycles. The number of carboxylic acid groups (broad SMARTS) is 1. The number of β-amino-alcohol motifs (C(OH)–C–C–N with tert-alkyl or cyclic N) is 1. The van der Waals surface area contributed by atoms with Crippen LogP contribution in [0, 0.1) is 5.92 Å². The van der Waals surface area contributed by atoms with Crippen molar-refractivity contribution in [1.82, 2.24) is 4.90 Å². The van der Waals surface area contributed by atoms with Gasteiger partial charge in [0.15, 0.2) is 0 Å². The van der Waals surface area contributed by atoms with E-state index < -0.39 is 12.0 Å². The standard InChI is InChI=1S/C9H18N2O3/c1-6-2-3-11(5-8(6)12)4-7(10)9(13)14/h6-8,12H,2-5,10H2,1H3,(H,13,14). The van der Waals surface area contributed by atoms with Gasteiger partial charge in [0.1, 0.15) is 6.04 Å². The number of hydrogen-bond acceptors (Lipinski definition) is 4. The maximum absolute atomic E-state index is 10.5. The topological polar surface area (TPSA) is 86.8 Å². The second kappa shape index (κ2) is 4.72. The Bertz CT molecular complexity index is 210. The van der Waals surface area contributed by atoms with Crippen LogP contribution in [-0.4, -0.2) is 52.9 Å². The van der Waals surface area contributed by atoms with Crippen LogP contribution in [0.1, 0.15) is 13.3 Å². The van der Waals surface area contributed by atoms with E-state index in [4.69, 9.17) is 10.8 Å². The van der Waals surface area contributed by atoms with Crippen molar-refractivity contribution in [1.29, 1.82) is 0 Å². The Morgan fingerprint density at radius 2 is 2.36 bits per heavy atom. The van der Waals surface area contributed by atoms with E-state index in [9.17, 15) is 9.90 Å². The average Bonchev–Trinajstić information content (AvgIpc) is 2.11. The Kier molecular flexibility index (Phi) is 3.86. The fourth-order valence-electron chi connectivity index (χ4n) is 1.64. The molecule has 1 saturated heterocycles. The van der Waals surface area contributed by atoms with Gasteiger partial charge in [-0.2, -0.15) is 0 Å². The van der Waals surface area contributed by atoms with E-state index in [2.05, 4.69) is 0 Å². The molecule has 1 aliphatic heterocycles. The molecule has 3 atom stereocenters. The Morgan fingerprint density at radius 3 is 2.86 bits per heavy atom. The maximum Gasteiger partial charge on any atom is 0.321 e. The summed E-state index contributed by atoms with van der Waals surface area (Å²) >= 11 is 0. The molecule has 4 N–H and O–H groups in total. The highest BCUT2D eigenvalue weighted by molar-refractivity contribution is 5.73. The largest absolute Gasteiger partial charge is 0.480 e. The third kappa shape index (κ3) is 2.94. The second-order valence-corrected chi connectivity index (χ2v) is 4.04. The quantitative estimate of drug-likeness (QED) is 0.552. The van der Waals surface area contributed by atoms with Crippen LogP contribution in [-0.2, 0) is 4.79 Å². The zero-order valence-electron chi connectivity index (χ0n) is 8.39. The first-order chi connectivity index (χ1) is 6.50. The molecule has 1 fully saturated rings. The van der Waals surface area contributed by atoms with Gasteiger partial charge in [0, 0.05) is 13.1 Å². The first-order valence-corrected chi connectivity index (χ1v) is 4.89. The first kappa shape index (κ1) is 11.4. The number of aliphatic hydroxyl groups is 1. The number of piperidine rings is 1. The Morgan fingerprint density at radius 1 is 1.71 bits per heavy atom. The fraction of sp³-hybridized carbons (Fsp3) is 0.889. The lowest BCUT2D eigenvalue weighted by molar-refractivity contribution is -0.139. The van der Waals surface area contributed by atoms with Crippen molar-refractivity contribution in [3.8, 4) is 0 Å². The van der Waals surface area contributed by atoms with Gasteiger partial charge in [-0.05, 0) is 18.9 Å². The van der Waals surface area contributed by atoms with Crippen molar-refractivity contribution >= 4 is 5.97 Å². The fourth-order valence-corrected chi connectivity index (χ4v) is 1.64. The summed E-state index contributed by atoms with van der Waals surface area (Å²) in [4.78, 5) is 12.4. The molecule has 1 heterocycles. The monoisotopic (exact) mass is 202 g/mol. The van der Waals surface area contributed by atoms with Crippen molar-refractivity contribution in [3.63, 3.8) is 0 Å². The smallest absolute Gasteiger partial charge is 0.321 e. The van der Waals surface area contributed by atoms with Gasteiger partial charge in [-0.15, -0.1) is 0 Å². The molecule has 0 radical (unpaired) electrons. The van der Waals surface area contributed by atoms with Gasteiger partial charge in [-0.1, -0.05) is 6.92 Å². The molecule has 0 saturated carbocycles. The summed E-state index contributed by atoms with van der Waals surface area (Å²) in [5.74, 6) is -0.689. The van der Waals surface area contributed by atoms with Gasteiger partial charge in [0.05, 0.1) is 6.10 Å². The summed E-state index contributed by atoms with van der Waals surface area (Å²) in [5.41, 5.74) is 5.40. The number of aliphatic hydroxyl groups excluding tert-OH is 1. The lowest BCUT2D eigenvalue weighted by Crippen LogP contribution is -2.49. The number of hydrogen-bond donors (Lipinski definition) is 3. The Hall–Kier alpha value is -0.650.